The second-order valence-corrected chi connectivity index (χ2v) is 11.7. The number of anilines is 1. The van der Waals surface area contributed by atoms with Gasteiger partial charge in [-0.2, -0.15) is 39.5 Å². The quantitative estimate of drug-likeness (QED) is 0.0576. The lowest BCUT2D eigenvalue weighted by Gasteiger charge is -2.10. The van der Waals surface area contributed by atoms with Crippen LogP contribution in [0.2, 0.25) is 0 Å². The molecule has 0 bridgehead atoms. The number of aromatic amines is 1. The summed E-state index contributed by atoms with van der Waals surface area (Å²) in [6.45, 7) is 6.77. The Bertz CT molecular complexity index is 2270. The number of rotatable bonds is 4. The maximum atomic E-state index is 12.7. The topological polar surface area (TPSA) is 177 Å². The standard InChI is InChI=1S/C11H8F3N3O2.C11H10F3N3.C8H6F3NO2.C4H6N2.2CH4.HI/c1-7-5-16(6-15-7)9-2-8(11(12,13)14)3-10(4-9)17(18)19;1-7-5-17(6-16-7)10-3-8(11(12,13)14)2-9(15)4-10;1-5-2-6(8(9,10)11)4-7(3-5)12(13)14;1-4-2-5-3-6-4;;;/h2-6H,1H3;2-6H,15H2,1H3;2-4H,1H3;2-3H,1H3,(H,5,6);2*1H4;1H. The SMILES string of the molecule is C.C.Cc1cc([N+](=O)[O-])cc(C(F)(F)F)c1.Cc1cn(-c2cc(N)cc(C(F)(F)F)c2)cn1.Cc1cn(-c2cc([N+](=O)[O-])cc(C(F)(F)F)c2)cn1.Cc1cnc[nH]1.I. The summed E-state index contributed by atoms with van der Waals surface area (Å²) in [6, 6.07) is 8.31. The van der Waals surface area contributed by atoms with Crippen LogP contribution in [-0.2, 0) is 18.5 Å². The van der Waals surface area contributed by atoms with E-state index in [9.17, 15) is 59.7 Å². The second-order valence-electron chi connectivity index (χ2n) is 11.7. The van der Waals surface area contributed by atoms with Crippen LogP contribution >= 0.6 is 24.0 Å². The summed E-state index contributed by atoms with van der Waals surface area (Å²) >= 11 is 0. The number of nitrogens with one attached hydrogen (secondary N) is 1. The van der Waals surface area contributed by atoms with Crippen molar-refractivity contribution >= 4 is 41.0 Å². The zero-order valence-electron chi connectivity index (χ0n) is 29.8. The van der Waals surface area contributed by atoms with Gasteiger partial charge in [0.2, 0.25) is 0 Å². The summed E-state index contributed by atoms with van der Waals surface area (Å²) in [5, 5.41) is 21.0. The molecule has 3 heterocycles. The first kappa shape index (κ1) is 53.0. The Kier molecular flexibility index (Phi) is 19.5. The molecule has 23 heteroatoms. The van der Waals surface area contributed by atoms with Gasteiger partial charge in [0.25, 0.3) is 11.4 Å². The van der Waals surface area contributed by atoms with Gasteiger partial charge in [-0.15, -0.1) is 24.0 Å². The normalized spacial score (nSPS) is 10.7. The van der Waals surface area contributed by atoms with Crippen molar-refractivity contribution < 1.29 is 49.4 Å². The highest BCUT2D eigenvalue weighted by Gasteiger charge is 2.34. The van der Waals surface area contributed by atoms with Gasteiger partial charge in [0, 0.05) is 59.9 Å². The van der Waals surface area contributed by atoms with Crippen molar-refractivity contribution in [3.05, 3.63) is 152 Å². The van der Waals surface area contributed by atoms with Crippen LogP contribution in [0.15, 0.2) is 92.2 Å². The maximum absolute atomic E-state index is 12.7. The minimum absolute atomic E-state index is 0. The van der Waals surface area contributed by atoms with E-state index in [1.807, 2.05) is 6.92 Å². The Balaban J connectivity index is 0.000000785. The molecule has 0 aliphatic rings. The molecular formula is C36H39F9IN9O4. The van der Waals surface area contributed by atoms with Crippen LogP contribution in [0, 0.1) is 47.9 Å². The highest BCUT2D eigenvalue weighted by molar-refractivity contribution is 14.0. The van der Waals surface area contributed by atoms with Crippen LogP contribution < -0.4 is 5.73 Å². The number of nitrogen functional groups attached to an aromatic ring is 1. The number of nitro benzene ring substituents is 2. The van der Waals surface area contributed by atoms with Gasteiger partial charge in [-0.05, 0) is 63.6 Å². The molecule has 0 spiro atoms. The van der Waals surface area contributed by atoms with Crippen LogP contribution in [-0.4, -0.2) is 38.9 Å². The molecule has 0 aliphatic carbocycles. The number of nitrogens with two attached hydrogens (primary N) is 1. The molecule has 6 aromatic rings. The van der Waals surface area contributed by atoms with Gasteiger partial charge in [0.05, 0.1) is 62.6 Å². The number of imidazole rings is 3. The number of hydrogen-bond acceptors (Lipinski definition) is 8. The molecular weight excluding hydrogens is 920 g/mol. The first-order valence-corrected chi connectivity index (χ1v) is 15.5. The van der Waals surface area contributed by atoms with E-state index in [2.05, 4.69) is 19.9 Å². The third-order valence-electron chi connectivity index (χ3n) is 6.96. The number of halogens is 10. The van der Waals surface area contributed by atoms with Gasteiger partial charge in [-0.3, -0.25) is 20.2 Å². The summed E-state index contributed by atoms with van der Waals surface area (Å²) in [5.74, 6) is 0. The van der Waals surface area contributed by atoms with Crippen LogP contribution in [0.5, 0.6) is 0 Å². The third-order valence-corrected chi connectivity index (χ3v) is 6.96. The molecule has 3 N–H and O–H groups in total. The predicted octanol–water partition coefficient (Wildman–Crippen LogP) is 11.4. The third kappa shape index (κ3) is 16.4. The Morgan fingerprint density at radius 1 is 0.627 bits per heavy atom. The van der Waals surface area contributed by atoms with Crippen molar-refractivity contribution in [3.63, 3.8) is 0 Å². The number of alkyl halides is 9. The Morgan fingerprint density at radius 2 is 1.03 bits per heavy atom. The summed E-state index contributed by atoms with van der Waals surface area (Å²) in [6.07, 6.45) is -4.28. The van der Waals surface area contributed by atoms with E-state index in [-0.39, 0.29) is 55.8 Å². The minimum Gasteiger partial charge on any atom is -0.399 e. The fourth-order valence-electron chi connectivity index (χ4n) is 4.44. The Morgan fingerprint density at radius 3 is 1.37 bits per heavy atom. The molecule has 13 nitrogen and oxygen atoms in total. The molecule has 0 aliphatic heterocycles. The molecule has 0 radical (unpaired) electrons. The fourth-order valence-corrected chi connectivity index (χ4v) is 4.44. The van der Waals surface area contributed by atoms with Crippen LogP contribution in [0.3, 0.4) is 0 Å². The fraction of sp³-hybridized carbons (Fsp3) is 0.250. The van der Waals surface area contributed by atoms with E-state index in [0.717, 1.165) is 47.8 Å². The molecule has 0 amide bonds. The smallest absolute Gasteiger partial charge is 0.399 e. The zero-order valence-corrected chi connectivity index (χ0v) is 32.1. The summed E-state index contributed by atoms with van der Waals surface area (Å²) in [4.78, 5) is 33.7. The average molecular weight is 960 g/mol. The number of benzene rings is 3. The summed E-state index contributed by atoms with van der Waals surface area (Å²) in [7, 11) is 0. The number of hydrogen-bond donors (Lipinski definition) is 2. The number of aryl methyl sites for hydroxylation is 4. The summed E-state index contributed by atoms with van der Waals surface area (Å²) in [5.41, 5.74) is 4.58. The largest absolute Gasteiger partial charge is 0.416 e. The lowest BCUT2D eigenvalue weighted by atomic mass is 10.1. The van der Waals surface area contributed by atoms with Gasteiger partial charge in [-0.25, -0.2) is 15.0 Å². The second kappa shape index (κ2) is 21.7. The van der Waals surface area contributed by atoms with Crippen molar-refractivity contribution in [1.29, 1.82) is 0 Å². The van der Waals surface area contributed by atoms with E-state index in [1.54, 1.807) is 32.6 Å². The van der Waals surface area contributed by atoms with Crippen LogP contribution in [0.1, 0.15) is 54.2 Å². The Hall–Kier alpha value is -6.01. The molecule has 0 saturated heterocycles. The van der Waals surface area contributed by atoms with E-state index < -0.39 is 56.4 Å². The highest BCUT2D eigenvalue weighted by atomic mass is 127. The number of H-pyrrole nitrogens is 1. The van der Waals surface area contributed by atoms with Crippen molar-refractivity contribution in [1.82, 2.24) is 29.1 Å². The number of nitro groups is 2. The maximum Gasteiger partial charge on any atom is 0.416 e. The highest BCUT2D eigenvalue weighted by Crippen LogP contribution is 2.35. The van der Waals surface area contributed by atoms with E-state index in [0.29, 0.717) is 23.5 Å². The molecule has 6 rings (SSSR count). The van der Waals surface area contributed by atoms with E-state index >= 15 is 0 Å². The zero-order chi connectivity index (χ0) is 42.2. The Labute approximate surface area is 348 Å². The first-order chi connectivity index (χ1) is 25.8. The van der Waals surface area contributed by atoms with Crippen molar-refractivity contribution in [2.24, 2.45) is 0 Å². The molecule has 3 aromatic carbocycles. The minimum atomic E-state index is -4.64. The van der Waals surface area contributed by atoms with Gasteiger partial charge in [0.15, 0.2) is 0 Å². The van der Waals surface area contributed by atoms with Gasteiger partial charge >= 0.3 is 18.5 Å². The van der Waals surface area contributed by atoms with Crippen LogP contribution in [0.4, 0.5) is 56.6 Å². The average Bonchev–Trinajstić information content (AvgIpc) is 3.86. The van der Waals surface area contributed by atoms with Crippen LogP contribution in [0.25, 0.3) is 11.4 Å². The molecule has 0 atom stereocenters. The van der Waals surface area contributed by atoms with Crippen molar-refractivity contribution in [2.75, 3.05) is 5.73 Å². The number of non-ortho nitro benzene ring substituents is 2. The van der Waals surface area contributed by atoms with Gasteiger partial charge in [-0.1, -0.05) is 14.9 Å². The number of aromatic nitrogens is 6. The molecule has 0 fully saturated rings. The molecule has 3 aromatic heterocycles. The van der Waals surface area contributed by atoms with Gasteiger partial charge < -0.3 is 19.9 Å². The van der Waals surface area contributed by atoms with E-state index in [4.69, 9.17) is 5.73 Å². The predicted molar refractivity (Wildman–Crippen MR) is 213 cm³/mol. The van der Waals surface area contributed by atoms with Crippen molar-refractivity contribution in [3.8, 4) is 11.4 Å². The first-order valence-electron chi connectivity index (χ1n) is 15.5. The molecule has 59 heavy (non-hydrogen) atoms. The van der Waals surface area contributed by atoms with Gasteiger partial charge in [0.1, 0.15) is 0 Å². The number of nitrogens with zero attached hydrogens (tertiary/aromatic N) is 7. The lowest BCUT2D eigenvalue weighted by Crippen LogP contribution is -2.07. The summed E-state index contributed by atoms with van der Waals surface area (Å²) < 4.78 is 115. The lowest BCUT2D eigenvalue weighted by molar-refractivity contribution is -0.385. The molecule has 322 valence electrons. The monoisotopic (exact) mass is 959 g/mol. The molecule has 0 unspecified atom stereocenters. The molecule has 0 saturated carbocycles. The van der Waals surface area contributed by atoms with Crippen molar-refractivity contribution in [2.45, 2.75) is 61.1 Å². The van der Waals surface area contributed by atoms with E-state index in [1.165, 1.54) is 41.0 Å².